The smallest absolute Gasteiger partial charge is 0.172 e. The molecule has 1 heterocycles. The largest absolute Gasteiger partial charge is 0.503 e. The van der Waals surface area contributed by atoms with Crippen LogP contribution < -0.4 is 4.74 Å². The van der Waals surface area contributed by atoms with Crippen molar-refractivity contribution in [2.24, 2.45) is 0 Å². The third kappa shape index (κ3) is 2.75. The van der Waals surface area contributed by atoms with E-state index in [4.69, 9.17) is 17.0 Å². The Morgan fingerprint density at radius 3 is 2.78 bits per heavy atom. The van der Waals surface area contributed by atoms with E-state index in [0.717, 1.165) is 48.1 Å². The van der Waals surface area contributed by atoms with Crippen LogP contribution in [0.15, 0.2) is 16.6 Å². The van der Waals surface area contributed by atoms with Crippen molar-refractivity contribution in [3.8, 4) is 28.7 Å². The Balaban J connectivity index is 2.36. The van der Waals surface area contributed by atoms with Gasteiger partial charge in [-0.3, -0.25) is 0 Å². The van der Waals surface area contributed by atoms with Crippen LogP contribution in [0.3, 0.4) is 0 Å². The molecule has 1 aromatic heterocycles. The lowest BCUT2D eigenvalue weighted by atomic mass is 9.87. The first-order valence-corrected chi connectivity index (χ1v) is 8.52. The number of nitriles is 1. The zero-order valence-corrected chi connectivity index (χ0v) is 15.0. The number of phenolic OH excluding ortho intramolecular Hbond substituents is 1. The standard InChI is InChI=1S/C17H15BrN2O2S/c1-22-14-7-9(6-12(18)16(14)21)15-10-4-2-3-5-13(10)20-17(23)11(15)8-19/h6-7,21H,2-5H2,1H3,(H,20,23). The van der Waals surface area contributed by atoms with Gasteiger partial charge in [-0.2, -0.15) is 5.26 Å². The normalized spacial score (nSPS) is 13.3. The number of phenols is 1. The molecule has 0 unspecified atom stereocenters. The number of nitrogens with zero attached hydrogens (tertiary/aromatic N) is 1. The molecule has 2 N–H and O–H groups in total. The van der Waals surface area contributed by atoms with Crippen molar-refractivity contribution in [1.82, 2.24) is 4.98 Å². The highest BCUT2D eigenvalue weighted by Crippen LogP contribution is 2.41. The van der Waals surface area contributed by atoms with Gasteiger partial charge < -0.3 is 14.8 Å². The number of aromatic amines is 1. The molecule has 1 aromatic carbocycles. The van der Waals surface area contributed by atoms with Gasteiger partial charge in [-0.1, -0.05) is 12.2 Å². The summed E-state index contributed by atoms with van der Waals surface area (Å²) in [5.41, 5.74) is 4.39. The number of nitrogens with one attached hydrogen (secondary N) is 1. The summed E-state index contributed by atoms with van der Waals surface area (Å²) in [5.74, 6) is 0.409. The first kappa shape index (κ1) is 16.0. The first-order valence-electron chi connectivity index (χ1n) is 7.31. The Morgan fingerprint density at radius 2 is 2.09 bits per heavy atom. The highest BCUT2D eigenvalue weighted by atomic mass is 79.9. The van der Waals surface area contributed by atoms with E-state index in [0.29, 0.717) is 20.4 Å². The van der Waals surface area contributed by atoms with Gasteiger partial charge >= 0.3 is 0 Å². The number of halogens is 1. The lowest BCUT2D eigenvalue weighted by molar-refractivity contribution is 0.372. The van der Waals surface area contributed by atoms with Gasteiger partial charge in [0.2, 0.25) is 0 Å². The van der Waals surface area contributed by atoms with Gasteiger partial charge in [0.15, 0.2) is 11.5 Å². The van der Waals surface area contributed by atoms with Crippen LogP contribution in [-0.2, 0) is 12.8 Å². The fourth-order valence-corrected chi connectivity index (χ4v) is 3.80. The molecule has 0 saturated heterocycles. The van der Waals surface area contributed by atoms with Crippen LogP contribution in [0.5, 0.6) is 11.5 Å². The third-order valence-corrected chi connectivity index (χ3v) is 5.07. The molecule has 1 aliphatic carbocycles. The maximum atomic E-state index is 10.0. The summed E-state index contributed by atoms with van der Waals surface area (Å²) < 4.78 is 6.23. The van der Waals surface area contributed by atoms with Crippen LogP contribution in [0, 0.1) is 16.0 Å². The van der Waals surface area contributed by atoms with Crippen molar-refractivity contribution in [3.05, 3.63) is 38.1 Å². The number of aryl methyl sites for hydroxylation is 1. The molecule has 4 nitrogen and oxygen atoms in total. The van der Waals surface area contributed by atoms with E-state index < -0.39 is 0 Å². The van der Waals surface area contributed by atoms with Crippen molar-refractivity contribution >= 4 is 28.1 Å². The highest BCUT2D eigenvalue weighted by Gasteiger charge is 2.21. The van der Waals surface area contributed by atoms with Crippen molar-refractivity contribution < 1.29 is 9.84 Å². The number of rotatable bonds is 2. The minimum absolute atomic E-state index is 0.0460. The molecule has 2 aromatic rings. The number of methoxy groups -OCH3 is 1. The summed E-state index contributed by atoms with van der Waals surface area (Å²) in [5, 5.41) is 19.6. The van der Waals surface area contributed by atoms with E-state index in [1.165, 1.54) is 7.11 Å². The van der Waals surface area contributed by atoms with Crippen LogP contribution in [0.2, 0.25) is 0 Å². The molecule has 0 radical (unpaired) electrons. The number of benzene rings is 1. The van der Waals surface area contributed by atoms with E-state index in [1.807, 2.05) is 0 Å². The molecule has 0 amide bonds. The lowest BCUT2D eigenvalue weighted by Gasteiger charge is -2.21. The maximum Gasteiger partial charge on any atom is 0.172 e. The monoisotopic (exact) mass is 390 g/mol. The fourth-order valence-electron chi connectivity index (χ4n) is 3.08. The number of pyridine rings is 1. The van der Waals surface area contributed by atoms with E-state index in [9.17, 15) is 10.4 Å². The average molecular weight is 391 g/mol. The summed E-state index contributed by atoms with van der Waals surface area (Å²) in [6.45, 7) is 0. The van der Waals surface area contributed by atoms with E-state index in [-0.39, 0.29) is 5.75 Å². The summed E-state index contributed by atoms with van der Waals surface area (Å²) in [6.07, 6.45) is 4.05. The fraction of sp³-hybridized carbons (Fsp3) is 0.294. The van der Waals surface area contributed by atoms with Crippen molar-refractivity contribution in [2.45, 2.75) is 25.7 Å². The van der Waals surface area contributed by atoms with Gasteiger partial charge in [0.05, 0.1) is 17.1 Å². The highest BCUT2D eigenvalue weighted by molar-refractivity contribution is 9.10. The number of fused-ring (bicyclic) bond motifs is 1. The SMILES string of the molecule is COc1cc(-c2c3c([nH]c(=S)c2C#N)CCCC3)cc(Br)c1O. The molecule has 118 valence electrons. The van der Waals surface area contributed by atoms with E-state index in [1.54, 1.807) is 12.1 Å². The molecular formula is C17H15BrN2O2S. The van der Waals surface area contributed by atoms with E-state index >= 15 is 0 Å². The van der Waals surface area contributed by atoms with Crippen LogP contribution in [-0.4, -0.2) is 17.2 Å². The zero-order valence-electron chi connectivity index (χ0n) is 12.6. The number of H-pyrrole nitrogens is 1. The Bertz CT molecular complexity index is 884. The summed E-state index contributed by atoms with van der Waals surface area (Å²) in [6, 6.07) is 5.78. The van der Waals surface area contributed by atoms with Gasteiger partial charge in [-0.05, 0) is 64.9 Å². The van der Waals surface area contributed by atoms with Gasteiger partial charge in [0, 0.05) is 11.3 Å². The molecule has 0 saturated carbocycles. The van der Waals surface area contributed by atoms with Gasteiger partial charge in [-0.25, -0.2) is 0 Å². The van der Waals surface area contributed by atoms with Crippen LogP contribution >= 0.6 is 28.1 Å². The van der Waals surface area contributed by atoms with Gasteiger partial charge in [0.1, 0.15) is 10.7 Å². The minimum atomic E-state index is 0.0460. The molecule has 3 rings (SSSR count). The molecule has 0 fully saturated rings. The predicted octanol–water partition coefficient (Wildman–Crippen LogP) is 4.64. The number of aromatic hydroxyl groups is 1. The Labute approximate surface area is 147 Å². The molecule has 1 aliphatic rings. The summed E-state index contributed by atoms with van der Waals surface area (Å²) >= 11 is 8.72. The van der Waals surface area contributed by atoms with Crippen LogP contribution in [0.4, 0.5) is 0 Å². The van der Waals surface area contributed by atoms with Crippen molar-refractivity contribution in [2.75, 3.05) is 7.11 Å². The average Bonchev–Trinajstić information content (AvgIpc) is 2.56. The Morgan fingerprint density at radius 1 is 1.35 bits per heavy atom. The number of hydrogen-bond donors (Lipinski definition) is 2. The van der Waals surface area contributed by atoms with E-state index in [2.05, 4.69) is 27.0 Å². The predicted molar refractivity (Wildman–Crippen MR) is 94.3 cm³/mol. The lowest BCUT2D eigenvalue weighted by Crippen LogP contribution is -2.09. The second-order valence-electron chi connectivity index (χ2n) is 5.49. The molecule has 0 aliphatic heterocycles. The van der Waals surface area contributed by atoms with Crippen LogP contribution in [0.1, 0.15) is 29.7 Å². The zero-order chi connectivity index (χ0) is 16.6. The third-order valence-electron chi connectivity index (χ3n) is 4.16. The molecule has 0 spiro atoms. The van der Waals surface area contributed by atoms with Crippen molar-refractivity contribution in [1.29, 1.82) is 5.26 Å². The molecule has 6 heteroatoms. The molecule has 0 bridgehead atoms. The van der Waals surface area contributed by atoms with Gasteiger partial charge in [0.25, 0.3) is 0 Å². The molecule has 0 atom stereocenters. The number of ether oxygens (including phenoxy) is 1. The minimum Gasteiger partial charge on any atom is -0.503 e. The topological polar surface area (TPSA) is 69.0 Å². The van der Waals surface area contributed by atoms with Crippen LogP contribution in [0.25, 0.3) is 11.1 Å². The molecular weight excluding hydrogens is 376 g/mol. The quantitative estimate of drug-likeness (QED) is 0.732. The second-order valence-corrected chi connectivity index (χ2v) is 6.75. The first-order chi connectivity index (χ1) is 11.1. The number of aromatic nitrogens is 1. The summed E-state index contributed by atoms with van der Waals surface area (Å²) in [4.78, 5) is 3.21. The molecule has 23 heavy (non-hydrogen) atoms. The summed E-state index contributed by atoms with van der Waals surface area (Å²) in [7, 11) is 1.50. The van der Waals surface area contributed by atoms with Crippen molar-refractivity contribution in [3.63, 3.8) is 0 Å². The Hall–Kier alpha value is -1.84. The second kappa shape index (κ2) is 6.34. The van der Waals surface area contributed by atoms with Gasteiger partial charge in [-0.15, -0.1) is 0 Å². The Kier molecular flexibility index (Phi) is 4.42. The number of hydrogen-bond acceptors (Lipinski definition) is 4. The maximum absolute atomic E-state index is 10.0.